The van der Waals surface area contributed by atoms with E-state index in [1.54, 1.807) is 18.3 Å². The summed E-state index contributed by atoms with van der Waals surface area (Å²) < 4.78 is 0. The van der Waals surface area contributed by atoms with Crippen LogP contribution >= 0.6 is 0 Å². The van der Waals surface area contributed by atoms with Crippen molar-refractivity contribution in [2.45, 2.75) is 32.1 Å². The lowest BCUT2D eigenvalue weighted by atomic mass is 9.97. The summed E-state index contributed by atoms with van der Waals surface area (Å²) in [6, 6.07) is 3.59. The smallest absolute Gasteiger partial charge is 0.269 e. The molecule has 2 rings (SSSR count). The molecule has 0 aromatic carbocycles. The Bertz CT molecular complexity index is 505. The monoisotopic (exact) mass is 285 g/mol. The molecule has 0 fully saturated rings. The molecule has 21 heavy (non-hydrogen) atoms. The average Bonchev–Trinajstić information content (AvgIpc) is 2.54. The Morgan fingerprint density at radius 1 is 1.38 bits per heavy atom. The number of nitrogens with one attached hydrogen (secondary N) is 2. The predicted molar refractivity (Wildman–Crippen MR) is 86.4 cm³/mol. The highest BCUT2D eigenvalue weighted by atomic mass is 16.1. The summed E-state index contributed by atoms with van der Waals surface area (Å²) in [5.74, 6) is -0.110. The first-order valence-electron chi connectivity index (χ1n) is 7.56. The molecule has 0 spiro atoms. The Hall–Kier alpha value is -2.10. The molecule has 4 heteroatoms. The Labute approximate surface area is 126 Å². The summed E-state index contributed by atoms with van der Waals surface area (Å²) in [7, 11) is 0. The number of amides is 1. The van der Waals surface area contributed by atoms with Gasteiger partial charge in [-0.15, -0.1) is 6.58 Å². The first kappa shape index (κ1) is 15.3. The Kier molecular flexibility index (Phi) is 6.00. The fourth-order valence-corrected chi connectivity index (χ4v) is 2.38. The van der Waals surface area contributed by atoms with Crippen LogP contribution < -0.4 is 10.6 Å². The summed E-state index contributed by atoms with van der Waals surface area (Å²) in [5, 5.41) is 6.06. The number of carbonyl (C=O) groups is 1. The van der Waals surface area contributed by atoms with Gasteiger partial charge in [0.2, 0.25) is 0 Å². The SMILES string of the molecule is C=CCNc1ccc(C(=O)NCCC2=CCCCC2)nc1. The molecule has 2 N–H and O–H groups in total. The van der Waals surface area contributed by atoms with Crippen molar-refractivity contribution in [1.29, 1.82) is 0 Å². The molecule has 1 aromatic heterocycles. The number of hydrogen-bond acceptors (Lipinski definition) is 3. The minimum absolute atomic E-state index is 0.110. The number of allylic oxidation sites excluding steroid dienone is 1. The van der Waals surface area contributed by atoms with Crippen LogP contribution in [0.3, 0.4) is 0 Å². The average molecular weight is 285 g/mol. The molecular formula is C17H23N3O. The topological polar surface area (TPSA) is 54.0 Å². The van der Waals surface area contributed by atoms with Crippen molar-refractivity contribution in [2.24, 2.45) is 0 Å². The van der Waals surface area contributed by atoms with Crippen molar-refractivity contribution in [2.75, 3.05) is 18.4 Å². The van der Waals surface area contributed by atoms with Crippen LogP contribution in [-0.2, 0) is 0 Å². The Morgan fingerprint density at radius 3 is 2.95 bits per heavy atom. The van der Waals surface area contributed by atoms with E-state index >= 15 is 0 Å². The molecule has 4 nitrogen and oxygen atoms in total. The van der Waals surface area contributed by atoms with Crippen LogP contribution in [0, 0.1) is 0 Å². The zero-order valence-corrected chi connectivity index (χ0v) is 12.4. The third-order valence-corrected chi connectivity index (χ3v) is 3.56. The van der Waals surface area contributed by atoms with Crippen LogP contribution in [-0.4, -0.2) is 24.0 Å². The first-order valence-corrected chi connectivity index (χ1v) is 7.56. The lowest BCUT2D eigenvalue weighted by molar-refractivity contribution is 0.0949. The van der Waals surface area contributed by atoms with Gasteiger partial charge in [0.25, 0.3) is 5.91 Å². The second-order valence-corrected chi connectivity index (χ2v) is 5.22. The predicted octanol–water partition coefficient (Wildman–Crippen LogP) is 3.30. The molecule has 1 aliphatic rings. The quantitative estimate of drug-likeness (QED) is 0.756. The normalized spacial score (nSPS) is 14.2. The van der Waals surface area contributed by atoms with E-state index in [9.17, 15) is 4.79 Å². The van der Waals surface area contributed by atoms with Crippen LogP contribution in [0.5, 0.6) is 0 Å². The van der Waals surface area contributed by atoms with E-state index in [4.69, 9.17) is 0 Å². The number of anilines is 1. The van der Waals surface area contributed by atoms with Crippen molar-refractivity contribution in [1.82, 2.24) is 10.3 Å². The van der Waals surface area contributed by atoms with Gasteiger partial charge in [-0.1, -0.05) is 17.7 Å². The Morgan fingerprint density at radius 2 is 2.29 bits per heavy atom. The van der Waals surface area contributed by atoms with Crippen LogP contribution in [0.25, 0.3) is 0 Å². The summed E-state index contributed by atoms with van der Waals surface area (Å²) in [4.78, 5) is 16.2. The molecule has 0 bridgehead atoms. The lowest BCUT2D eigenvalue weighted by Gasteiger charge is -2.12. The van der Waals surface area contributed by atoms with Gasteiger partial charge in [0.15, 0.2) is 0 Å². The standard InChI is InChI=1S/C17H23N3O/c1-2-11-18-15-8-9-16(20-13-15)17(21)19-12-10-14-6-4-3-5-7-14/h2,6,8-9,13,18H,1,3-5,7,10-12H2,(H,19,21). The van der Waals surface area contributed by atoms with Gasteiger partial charge in [0.05, 0.1) is 11.9 Å². The summed E-state index contributed by atoms with van der Waals surface area (Å²) in [5.41, 5.74) is 2.81. The molecule has 1 aromatic rings. The minimum Gasteiger partial charge on any atom is -0.380 e. The van der Waals surface area contributed by atoms with Gasteiger partial charge < -0.3 is 10.6 Å². The molecule has 0 atom stereocenters. The van der Waals surface area contributed by atoms with Crippen LogP contribution in [0.4, 0.5) is 5.69 Å². The van der Waals surface area contributed by atoms with Crippen molar-refractivity contribution < 1.29 is 4.79 Å². The fourth-order valence-electron chi connectivity index (χ4n) is 2.38. The van der Waals surface area contributed by atoms with E-state index in [0.717, 1.165) is 12.1 Å². The number of hydrogen-bond donors (Lipinski definition) is 2. The largest absolute Gasteiger partial charge is 0.380 e. The first-order chi connectivity index (χ1) is 10.3. The molecule has 0 saturated carbocycles. The lowest BCUT2D eigenvalue weighted by Crippen LogP contribution is -2.25. The molecule has 112 valence electrons. The van der Waals surface area contributed by atoms with Gasteiger partial charge >= 0.3 is 0 Å². The van der Waals surface area contributed by atoms with Crippen molar-refractivity contribution in [3.05, 3.63) is 48.3 Å². The summed E-state index contributed by atoms with van der Waals surface area (Å²) >= 11 is 0. The maximum atomic E-state index is 12.0. The van der Waals surface area contributed by atoms with E-state index < -0.39 is 0 Å². The van der Waals surface area contributed by atoms with Gasteiger partial charge in [-0.25, -0.2) is 4.98 Å². The fraction of sp³-hybridized carbons (Fsp3) is 0.412. The Balaban J connectivity index is 1.77. The highest BCUT2D eigenvalue weighted by molar-refractivity contribution is 5.92. The van der Waals surface area contributed by atoms with E-state index in [1.807, 2.05) is 6.07 Å². The number of pyridine rings is 1. The van der Waals surface area contributed by atoms with E-state index in [2.05, 4.69) is 28.3 Å². The van der Waals surface area contributed by atoms with Crippen LogP contribution in [0.2, 0.25) is 0 Å². The third-order valence-electron chi connectivity index (χ3n) is 3.56. The van der Waals surface area contributed by atoms with Crippen molar-refractivity contribution >= 4 is 11.6 Å². The highest BCUT2D eigenvalue weighted by Gasteiger charge is 2.08. The van der Waals surface area contributed by atoms with Gasteiger partial charge in [0.1, 0.15) is 5.69 Å². The van der Waals surface area contributed by atoms with Gasteiger partial charge in [-0.3, -0.25) is 4.79 Å². The second kappa shape index (κ2) is 8.25. The van der Waals surface area contributed by atoms with Crippen molar-refractivity contribution in [3.8, 4) is 0 Å². The maximum Gasteiger partial charge on any atom is 0.269 e. The molecule has 1 heterocycles. The van der Waals surface area contributed by atoms with Gasteiger partial charge in [-0.05, 0) is 44.2 Å². The molecule has 1 aliphatic carbocycles. The number of rotatable bonds is 7. The van der Waals surface area contributed by atoms with Gasteiger partial charge in [0, 0.05) is 13.1 Å². The number of carbonyl (C=O) groups excluding carboxylic acids is 1. The molecule has 0 radical (unpaired) electrons. The van der Waals surface area contributed by atoms with Crippen molar-refractivity contribution in [3.63, 3.8) is 0 Å². The second-order valence-electron chi connectivity index (χ2n) is 5.22. The van der Waals surface area contributed by atoms with Gasteiger partial charge in [-0.2, -0.15) is 0 Å². The van der Waals surface area contributed by atoms with E-state index in [1.165, 1.54) is 31.3 Å². The summed E-state index contributed by atoms with van der Waals surface area (Å²) in [6.07, 6.45) is 11.6. The zero-order valence-electron chi connectivity index (χ0n) is 12.4. The number of aromatic nitrogens is 1. The number of nitrogens with zero attached hydrogens (tertiary/aromatic N) is 1. The molecule has 0 unspecified atom stereocenters. The minimum atomic E-state index is -0.110. The van der Waals surface area contributed by atoms with Crippen LogP contribution in [0.15, 0.2) is 42.6 Å². The third kappa shape index (κ3) is 5.06. The maximum absolute atomic E-state index is 12.0. The summed E-state index contributed by atoms with van der Waals surface area (Å²) in [6.45, 7) is 5.01. The molecule has 1 amide bonds. The molecule has 0 aliphatic heterocycles. The van der Waals surface area contributed by atoms with E-state index in [-0.39, 0.29) is 5.91 Å². The van der Waals surface area contributed by atoms with Crippen LogP contribution in [0.1, 0.15) is 42.6 Å². The molecule has 0 saturated heterocycles. The highest BCUT2D eigenvalue weighted by Crippen LogP contribution is 2.19. The van der Waals surface area contributed by atoms with E-state index in [0.29, 0.717) is 18.8 Å². The molecular weight excluding hydrogens is 262 g/mol. The zero-order chi connectivity index (χ0) is 14.9.